The minimum absolute atomic E-state index is 0.234. The monoisotopic (exact) mass is 309 g/mol. The van der Waals surface area contributed by atoms with Crippen LogP contribution in [0.1, 0.15) is 10.4 Å². The Morgan fingerprint density at radius 2 is 1.87 bits per heavy atom. The molecular formula is C17H12FN3O2. The zero-order valence-electron chi connectivity index (χ0n) is 11.9. The molecule has 0 atom stereocenters. The molecule has 3 aromatic rings. The third kappa shape index (κ3) is 3.49. The maximum atomic E-state index is 13.2. The molecule has 0 aliphatic rings. The summed E-state index contributed by atoms with van der Waals surface area (Å²) in [6.07, 6.45) is 0. The van der Waals surface area contributed by atoms with E-state index in [0.717, 1.165) is 5.56 Å². The lowest BCUT2D eigenvalue weighted by molar-refractivity contribution is 0.102. The number of halogens is 1. The second kappa shape index (κ2) is 6.23. The van der Waals surface area contributed by atoms with Crippen molar-refractivity contribution in [3.05, 3.63) is 82.4 Å². The second-order valence-corrected chi connectivity index (χ2v) is 4.85. The molecule has 114 valence electrons. The van der Waals surface area contributed by atoms with Crippen molar-refractivity contribution in [2.45, 2.75) is 0 Å². The summed E-state index contributed by atoms with van der Waals surface area (Å²) in [5, 5.41) is 9.00. The number of H-pyrrole nitrogens is 1. The molecule has 0 spiro atoms. The van der Waals surface area contributed by atoms with Crippen LogP contribution in [-0.2, 0) is 0 Å². The number of aromatic amines is 1. The van der Waals surface area contributed by atoms with Crippen LogP contribution in [0, 0.1) is 5.82 Å². The Hall–Kier alpha value is -3.28. The van der Waals surface area contributed by atoms with Crippen LogP contribution >= 0.6 is 0 Å². The molecule has 6 heteroatoms. The number of hydrogen-bond acceptors (Lipinski definition) is 3. The summed E-state index contributed by atoms with van der Waals surface area (Å²) >= 11 is 0. The first-order chi connectivity index (χ1) is 11.1. The lowest BCUT2D eigenvalue weighted by Crippen LogP contribution is -2.12. The van der Waals surface area contributed by atoms with Crippen molar-refractivity contribution < 1.29 is 9.18 Å². The van der Waals surface area contributed by atoms with Gasteiger partial charge in [-0.25, -0.2) is 9.49 Å². The van der Waals surface area contributed by atoms with Crippen molar-refractivity contribution in [2.75, 3.05) is 5.32 Å². The number of nitrogens with zero attached hydrogens (tertiary/aromatic N) is 1. The number of rotatable bonds is 3. The Morgan fingerprint density at radius 1 is 1.04 bits per heavy atom. The van der Waals surface area contributed by atoms with Crippen molar-refractivity contribution in [3.63, 3.8) is 0 Å². The van der Waals surface area contributed by atoms with Crippen molar-refractivity contribution in [1.82, 2.24) is 10.2 Å². The van der Waals surface area contributed by atoms with E-state index in [0.29, 0.717) is 11.4 Å². The molecule has 0 saturated carbocycles. The highest BCUT2D eigenvalue weighted by Gasteiger charge is 2.08. The average Bonchev–Trinajstić information content (AvgIpc) is 2.56. The molecule has 0 aliphatic heterocycles. The van der Waals surface area contributed by atoms with E-state index in [1.54, 1.807) is 30.3 Å². The van der Waals surface area contributed by atoms with Gasteiger partial charge in [0.25, 0.3) is 11.5 Å². The van der Waals surface area contributed by atoms with Gasteiger partial charge in [-0.1, -0.05) is 18.2 Å². The highest BCUT2D eigenvalue weighted by Crippen LogP contribution is 2.20. The van der Waals surface area contributed by atoms with Gasteiger partial charge in [-0.05, 0) is 36.4 Å². The smallest absolute Gasteiger partial charge is 0.264 e. The number of hydrogen-bond donors (Lipinski definition) is 2. The zero-order valence-corrected chi connectivity index (χ0v) is 11.9. The summed E-state index contributed by atoms with van der Waals surface area (Å²) in [7, 11) is 0. The Morgan fingerprint density at radius 3 is 2.61 bits per heavy atom. The molecule has 1 amide bonds. The quantitative estimate of drug-likeness (QED) is 0.781. The molecule has 0 fully saturated rings. The summed E-state index contributed by atoms with van der Waals surface area (Å²) in [6, 6.07) is 15.4. The van der Waals surface area contributed by atoms with Crippen LogP contribution in [0.4, 0.5) is 10.1 Å². The summed E-state index contributed by atoms with van der Waals surface area (Å²) in [4.78, 5) is 23.2. The molecule has 0 saturated heterocycles. The van der Waals surface area contributed by atoms with Crippen molar-refractivity contribution in [2.24, 2.45) is 0 Å². The second-order valence-electron chi connectivity index (χ2n) is 4.85. The first kappa shape index (κ1) is 14.6. The van der Waals surface area contributed by atoms with Crippen LogP contribution in [0.2, 0.25) is 0 Å². The number of carbonyl (C=O) groups is 1. The first-order valence-corrected chi connectivity index (χ1v) is 6.85. The third-order valence-electron chi connectivity index (χ3n) is 3.18. The van der Waals surface area contributed by atoms with E-state index in [-0.39, 0.29) is 11.1 Å². The number of benzene rings is 2. The van der Waals surface area contributed by atoms with Crippen LogP contribution < -0.4 is 10.9 Å². The molecule has 0 unspecified atom stereocenters. The van der Waals surface area contributed by atoms with Gasteiger partial charge < -0.3 is 5.32 Å². The Balaban J connectivity index is 1.84. The molecule has 2 aromatic carbocycles. The molecule has 1 heterocycles. The van der Waals surface area contributed by atoms with Gasteiger partial charge in [-0.3, -0.25) is 9.59 Å². The zero-order chi connectivity index (χ0) is 16.2. The van der Waals surface area contributed by atoms with E-state index in [1.165, 1.54) is 30.3 Å². The van der Waals surface area contributed by atoms with Gasteiger partial charge in [0.1, 0.15) is 5.82 Å². The lowest BCUT2D eigenvalue weighted by Gasteiger charge is -2.07. The Bertz CT molecular complexity index is 901. The van der Waals surface area contributed by atoms with Crippen molar-refractivity contribution in [3.8, 4) is 11.3 Å². The van der Waals surface area contributed by atoms with Gasteiger partial charge in [-0.2, -0.15) is 5.10 Å². The van der Waals surface area contributed by atoms with Crippen LogP contribution in [0.5, 0.6) is 0 Å². The minimum atomic E-state index is -0.469. The topological polar surface area (TPSA) is 74.8 Å². The Labute approximate surface area is 130 Å². The molecule has 0 bridgehead atoms. The largest absolute Gasteiger partial charge is 0.322 e. The summed E-state index contributed by atoms with van der Waals surface area (Å²) in [5.41, 5.74) is 1.80. The SMILES string of the molecule is O=C(Nc1cccc(-c2ccc(=O)[nH]n2)c1)c1cccc(F)c1. The van der Waals surface area contributed by atoms with Crippen molar-refractivity contribution in [1.29, 1.82) is 0 Å². The molecule has 3 rings (SSSR count). The average molecular weight is 309 g/mol. The van der Waals surface area contributed by atoms with Gasteiger partial charge in [0.2, 0.25) is 0 Å². The molecular weight excluding hydrogens is 297 g/mol. The molecule has 1 aromatic heterocycles. The van der Waals surface area contributed by atoms with Gasteiger partial charge >= 0.3 is 0 Å². The first-order valence-electron chi connectivity index (χ1n) is 6.85. The predicted molar refractivity (Wildman–Crippen MR) is 84.6 cm³/mol. The van der Waals surface area contributed by atoms with Gasteiger partial charge in [0, 0.05) is 22.9 Å². The van der Waals surface area contributed by atoms with Crippen LogP contribution in [-0.4, -0.2) is 16.1 Å². The maximum Gasteiger partial charge on any atom is 0.264 e. The standard InChI is InChI=1S/C17H12FN3O2/c18-13-5-1-4-12(9-13)17(23)19-14-6-2-3-11(10-14)15-7-8-16(22)21-20-15/h1-10H,(H,19,23)(H,21,22). The lowest BCUT2D eigenvalue weighted by atomic mass is 10.1. The summed E-state index contributed by atoms with van der Waals surface area (Å²) in [5.74, 6) is -0.875. The van der Waals surface area contributed by atoms with Gasteiger partial charge in [-0.15, -0.1) is 0 Å². The third-order valence-corrected chi connectivity index (χ3v) is 3.18. The molecule has 5 nitrogen and oxygen atoms in total. The van der Waals surface area contributed by atoms with Crippen molar-refractivity contribution >= 4 is 11.6 Å². The van der Waals surface area contributed by atoms with E-state index >= 15 is 0 Å². The fourth-order valence-corrected chi connectivity index (χ4v) is 2.09. The molecule has 2 N–H and O–H groups in total. The van der Waals surface area contributed by atoms with Crippen LogP contribution in [0.3, 0.4) is 0 Å². The fourth-order valence-electron chi connectivity index (χ4n) is 2.09. The highest BCUT2D eigenvalue weighted by atomic mass is 19.1. The number of amides is 1. The van der Waals surface area contributed by atoms with Gasteiger partial charge in [0.05, 0.1) is 5.69 Å². The summed E-state index contributed by atoms with van der Waals surface area (Å²) in [6.45, 7) is 0. The van der Waals surface area contributed by atoms with E-state index < -0.39 is 11.7 Å². The molecule has 0 aliphatic carbocycles. The number of carbonyl (C=O) groups excluding carboxylic acids is 1. The van der Waals surface area contributed by atoms with Gasteiger partial charge in [0.15, 0.2) is 0 Å². The highest BCUT2D eigenvalue weighted by molar-refractivity contribution is 6.04. The van der Waals surface area contributed by atoms with E-state index in [9.17, 15) is 14.0 Å². The number of nitrogens with one attached hydrogen (secondary N) is 2. The van der Waals surface area contributed by atoms with Crippen LogP contribution in [0.25, 0.3) is 11.3 Å². The normalized spacial score (nSPS) is 10.3. The number of anilines is 1. The number of aromatic nitrogens is 2. The van der Waals surface area contributed by atoms with Crippen LogP contribution in [0.15, 0.2) is 65.5 Å². The van der Waals surface area contributed by atoms with E-state index in [4.69, 9.17) is 0 Å². The Kier molecular flexibility index (Phi) is 3.97. The predicted octanol–water partition coefficient (Wildman–Crippen LogP) is 2.83. The summed E-state index contributed by atoms with van der Waals surface area (Å²) < 4.78 is 13.2. The van der Waals surface area contributed by atoms with E-state index in [2.05, 4.69) is 15.5 Å². The van der Waals surface area contributed by atoms with E-state index in [1.807, 2.05) is 0 Å². The fraction of sp³-hybridized carbons (Fsp3) is 0. The maximum absolute atomic E-state index is 13.2. The molecule has 23 heavy (non-hydrogen) atoms. The minimum Gasteiger partial charge on any atom is -0.322 e. The molecule has 0 radical (unpaired) electrons.